The van der Waals surface area contributed by atoms with Crippen molar-refractivity contribution in [1.82, 2.24) is 10.6 Å². The Balaban J connectivity index is 2.19. The van der Waals surface area contributed by atoms with Crippen LogP contribution in [0.4, 0.5) is 10.1 Å². The van der Waals surface area contributed by atoms with E-state index in [1.54, 1.807) is 19.1 Å². The summed E-state index contributed by atoms with van der Waals surface area (Å²) >= 11 is 0. The number of carbonyl (C=O) groups is 2. The third kappa shape index (κ3) is 5.03. The molecule has 2 rings (SSSR count). The predicted octanol–water partition coefficient (Wildman–Crippen LogP) is 1.49. The average molecular weight is 379 g/mol. The molecule has 0 saturated heterocycles. The Kier molecular flexibility index (Phi) is 6.29. The van der Waals surface area contributed by atoms with Gasteiger partial charge in [-0.25, -0.2) is 12.8 Å². The summed E-state index contributed by atoms with van der Waals surface area (Å²) in [6, 6.07) is 10.3. The fourth-order valence-electron chi connectivity index (χ4n) is 2.10. The van der Waals surface area contributed by atoms with Crippen molar-refractivity contribution in [2.45, 2.75) is 11.8 Å². The molecule has 0 heterocycles. The quantitative estimate of drug-likeness (QED) is 0.678. The lowest BCUT2D eigenvalue weighted by Gasteiger charge is -2.13. The lowest BCUT2D eigenvalue weighted by Crippen LogP contribution is -2.37. The zero-order valence-corrected chi connectivity index (χ0v) is 14.8. The van der Waals surface area contributed by atoms with E-state index >= 15 is 0 Å². The van der Waals surface area contributed by atoms with Gasteiger partial charge in [-0.2, -0.15) is 0 Å². The highest BCUT2D eigenvalue weighted by Crippen LogP contribution is 2.20. The van der Waals surface area contributed by atoms with Crippen LogP contribution >= 0.6 is 0 Å². The van der Waals surface area contributed by atoms with Gasteiger partial charge in [-0.3, -0.25) is 14.3 Å². The number of halogens is 1. The third-order valence-electron chi connectivity index (χ3n) is 3.32. The Morgan fingerprint density at radius 2 is 1.65 bits per heavy atom. The van der Waals surface area contributed by atoms with Crippen molar-refractivity contribution in [3.05, 3.63) is 59.9 Å². The molecule has 2 aromatic carbocycles. The summed E-state index contributed by atoms with van der Waals surface area (Å²) in [5.41, 5.74) is 0.104. The van der Waals surface area contributed by atoms with E-state index < -0.39 is 21.7 Å². The molecule has 138 valence electrons. The Morgan fingerprint density at radius 3 is 2.31 bits per heavy atom. The van der Waals surface area contributed by atoms with E-state index in [2.05, 4.69) is 15.4 Å². The van der Waals surface area contributed by atoms with Crippen LogP contribution in [0.2, 0.25) is 0 Å². The van der Waals surface area contributed by atoms with Crippen LogP contribution in [0, 0.1) is 5.82 Å². The summed E-state index contributed by atoms with van der Waals surface area (Å²) in [6.45, 7) is 1.95. The van der Waals surface area contributed by atoms with Crippen LogP contribution in [0.25, 0.3) is 0 Å². The first-order chi connectivity index (χ1) is 12.3. The Morgan fingerprint density at radius 1 is 1.00 bits per heavy atom. The zero-order valence-electron chi connectivity index (χ0n) is 14.0. The molecule has 7 nitrogen and oxygen atoms in total. The van der Waals surface area contributed by atoms with Gasteiger partial charge in [0.05, 0.1) is 22.7 Å². The Labute approximate surface area is 150 Å². The van der Waals surface area contributed by atoms with Crippen molar-refractivity contribution < 1.29 is 22.4 Å². The number of anilines is 1. The van der Waals surface area contributed by atoms with Gasteiger partial charge in [0.1, 0.15) is 5.82 Å². The smallest absolute Gasteiger partial charge is 0.261 e. The SMILES string of the molecule is CCNC(=O)CNC(=O)c1ccccc1NS(=O)(=O)c1ccc(F)cc1. The fourth-order valence-corrected chi connectivity index (χ4v) is 3.18. The van der Waals surface area contributed by atoms with Crippen LogP contribution in [0.15, 0.2) is 53.4 Å². The molecule has 0 unspecified atom stereocenters. The summed E-state index contributed by atoms with van der Waals surface area (Å²) in [5, 5.41) is 4.96. The number of benzene rings is 2. The van der Waals surface area contributed by atoms with E-state index in [1.165, 1.54) is 12.1 Å². The molecular weight excluding hydrogens is 361 g/mol. The van der Waals surface area contributed by atoms with Gasteiger partial charge >= 0.3 is 0 Å². The number of carbonyl (C=O) groups excluding carboxylic acids is 2. The summed E-state index contributed by atoms with van der Waals surface area (Å²) in [4.78, 5) is 23.6. The van der Waals surface area contributed by atoms with E-state index in [1.807, 2.05) is 0 Å². The number of para-hydroxylation sites is 1. The van der Waals surface area contributed by atoms with Crippen molar-refractivity contribution in [3.63, 3.8) is 0 Å². The summed E-state index contributed by atoms with van der Waals surface area (Å²) in [7, 11) is -4.00. The normalized spacial score (nSPS) is 10.8. The van der Waals surface area contributed by atoms with Crippen LogP contribution in [0.5, 0.6) is 0 Å². The second-order valence-corrected chi connectivity index (χ2v) is 6.92. The first-order valence-electron chi connectivity index (χ1n) is 7.76. The highest BCUT2D eigenvalue weighted by Gasteiger charge is 2.19. The summed E-state index contributed by atoms with van der Waals surface area (Å²) in [6.07, 6.45) is 0. The molecule has 0 aliphatic carbocycles. The second-order valence-electron chi connectivity index (χ2n) is 5.24. The number of sulfonamides is 1. The van der Waals surface area contributed by atoms with Gasteiger partial charge in [0.2, 0.25) is 5.91 Å². The largest absolute Gasteiger partial charge is 0.355 e. The lowest BCUT2D eigenvalue weighted by atomic mass is 10.1. The fraction of sp³-hybridized carbons (Fsp3) is 0.176. The lowest BCUT2D eigenvalue weighted by molar-refractivity contribution is -0.120. The van der Waals surface area contributed by atoms with Crippen LogP contribution < -0.4 is 15.4 Å². The molecule has 0 radical (unpaired) electrons. The maximum Gasteiger partial charge on any atom is 0.261 e. The van der Waals surface area contributed by atoms with Gasteiger partial charge < -0.3 is 10.6 Å². The molecule has 0 aliphatic heterocycles. The monoisotopic (exact) mass is 379 g/mol. The van der Waals surface area contributed by atoms with Gasteiger partial charge in [-0.15, -0.1) is 0 Å². The van der Waals surface area contributed by atoms with Crippen molar-refractivity contribution in [3.8, 4) is 0 Å². The number of hydrogen-bond donors (Lipinski definition) is 3. The number of likely N-dealkylation sites (N-methyl/N-ethyl adjacent to an activating group) is 1. The topological polar surface area (TPSA) is 104 Å². The first kappa shape index (κ1) is 19.4. The maximum atomic E-state index is 13.0. The van der Waals surface area contributed by atoms with Crippen molar-refractivity contribution in [1.29, 1.82) is 0 Å². The summed E-state index contributed by atoms with van der Waals surface area (Å²) < 4.78 is 40.1. The zero-order chi connectivity index (χ0) is 19.2. The minimum absolute atomic E-state index is 0.0465. The number of amides is 2. The Bertz CT molecular complexity index is 898. The second kappa shape index (κ2) is 8.43. The Hall–Kier alpha value is -2.94. The van der Waals surface area contributed by atoms with Crippen LogP contribution in [-0.4, -0.2) is 33.3 Å². The van der Waals surface area contributed by atoms with Crippen molar-refractivity contribution in [2.24, 2.45) is 0 Å². The van der Waals surface area contributed by atoms with E-state index in [0.29, 0.717) is 6.54 Å². The number of hydrogen-bond acceptors (Lipinski definition) is 4. The molecule has 2 amide bonds. The van der Waals surface area contributed by atoms with Crippen molar-refractivity contribution in [2.75, 3.05) is 17.8 Å². The van der Waals surface area contributed by atoms with Crippen LogP contribution in [0.1, 0.15) is 17.3 Å². The van der Waals surface area contributed by atoms with E-state index in [0.717, 1.165) is 24.3 Å². The first-order valence-corrected chi connectivity index (χ1v) is 9.24. The number of nitrogens with one attached hydrogen (secondary N) is 3. The molecule has 0 saturated carbocycles. The van der Waals surface area contributed by atoms with Crippen LogP contribution in [-0.2, 0) is 14.8 Å². The molecule has 3 N–H and O–H groups in total. The van der Waals surface area contributed by atoms with Crippen LogP contribution in [0.3, 0.4) is 0 Å². The number of rotatable bonds is 7. The van der Waals surface area contributed by atoms with Gasteiger partial charge in [-0.05, 0) is 43.3 Å². The molecule has 0 atom stereocenters. The van der Waals surface area contributed by atoms with E-state index in [4.69, 9.17) is 0 Å². The predicted molar refractivity (Wildman–Crippen MR) is 94.7 cm³/mol. The molecule has 0 aromatic heterocycles. The standard InChI is InChI=1S/C17H18FN3O4S/c1-2-19-16(22)11-20-17(23)14-5-3-4-6-15(14)21-26(24,25)13-9-7-12(18)8-10-13/h3-10,21H,2,11H2,1H3,(H,19,22)(H,20,23). The molecule has 9 heteroatoms. The van der Waals surface area contributed by atoms with Gasteiger partial charge in [0, 0.05) is 6.54 Å². The van der Waals surface area contributed by atoms with Gasteiger partial charge in [0.25, 0.3) is 15.9 Å². The van der Waals surface area contributed by atoms with Gasteiger partial charge in [-0.1, -0.05) is 12.1 Å². The minimum Gasteiger partial charge on any atom is -0.355 e. The maximum absolute atomic E-state index is 13.0. The van der Waals surface area contributed by atoms with E-state index in [9.17, 15) is 22.4 Å². The molecule has 0 bridgehead atoms. The highest BCUT2D eigenvalue weighted by molar-refractivity contribution is 7.92. The average Bonchev–Trinajstić information content (AvgIpc) is 2.60. The minimum atomic E-state index is -4.00. The molecule has 26 heavy (non-hydrogen) atoms. The molecule has 0 fully saturated rings. The molecule has 0 spiro atoms. The van der Waals surface area contributed by atoms with Gasteiger partial charge in [0.15, 0.2) is 0 Å². The highest BCUT2D eigenvalue weighted by atomic mass is 32.2. The van der Waals surface area contributed by atoms with E-state index in [-0.39, 0.29) is 28.6 Å². The third-order valence-corrected chi connectivity index (χ3v) is 4.70. The summed E-state index contributed by atoms with van der Waals surface area (Å²) in [5.74, 6) is -1.52. The molecule has 2 aromatic rings. The molecular formula is C17H18FN3O4S. The van der Waals surface area contributed by atoms with Crippen molar-refractivity contribution >= 4 is 27.5 Å². The molecule has 0 aliphatic rings.